The van der Waals surface area contributed by atoms with Crippen LogP contribution in [0.25, 0.3) is 17.2 Å². The number of hydrogen-bond acceptors (Lipinski definition) is 10. The standard InChI is InChI=1S/C23H24FN11O/c1-13-5-19(31-20-6-14(2)33-34-20)32-22(30-13)15-3-4-18(26-7-15)23(36)28-10-17-9-27-21(11-25-17)35-12-16(24)8-29-35/h3-5,7-9,11-12,14,20,33-34H,6,10H2,1-2H3,(H,28,36)(H,30,31,32). The molecule has 0 saturated carbocycles. The molecule has 5 rings (SSSR count). The SMILES string of the molecule is Cc1cc(NC2CC(C)NN2)nc(-c2ccc(C(=O)NCc3cnc(-n4cc(F)cn4)cn3)nc2)n1. The summed E-state index contributed by atoms with van der Waals surface area (Å²) < 4.78 is 14.4. The van der Waals surface area contributed by atoms with E-state index in [1.54, 1.807) is 18.3 Å². The number of amides is 1. The van der Waals surface area contributed by atoms with Crippen LogP contribution in [-0.2, 0) is 6.54 Å². The van der Waals surface area contributed by atoms with E-state index in [9.17, 15) is 9.18 Å². The van der Waals surface area contributed by atoms with Gasteiger partial charge in [-0.25, -0.2) is 29.4 Å². The lowest BCUT2D eigenvalue weighted by atomic mass is 10.2. The number of rotatable bonds is 7. The Balaban J connectivity index is 1.20. The molecule has 0 spiro atoms. The van der Waals surface area contributed by atoms with E-state index in [0.717, 1.165) is 18.3 Å². The summed E-state index contributed by atoms with van der Waals surface area (Å²) in [7, 11) is 0. The fourth-order valence-electron chi connectivity index (χ4n) is 3.66. The molecule has 0 bridgehead atoms. The zero-order valence-electron chi connectivity index (χ0n) is 19.6. The first-order valence-electron chi connectivity index (χ1n) is 11.3. The number of aromatic nitrogens is 7. The molecule has 1 fully saturated rings. The predicted molar refractivity (Wildman–Crippen MR) is 128 cm³/mol. The Bertz CT molecular complexity index is 1360. The van der Waals surface area contributed by atoms with E-state index in [2.05, 4.69) is 58.4 Å². The molecule has 12 nitrogen and oxygen atoms in total. The highest BCUT2D eigenvalue weighted by Crippen LogP contribution is 2.19. The Morgan fingerprint density at radius 1 is 1.14 bits per heavy atom. The maximum atomic E-state index is 13.1. The maximum Gasteiger partial charge on any atom is 0.270 e. The fourth-order valence-corrected chi connectivity index (χ4v) is 3.66. The summed E-state index contributed by atoms with van der Waals surface area (Å²) in [6, 6.07) is 5.63. The third kappa shape index (κ3) is 5.47. The van der Waals surface area contributed by atoms with Crippen LogP contribution in [0.15, 0.2) is 49.2 Å². The molecule has 13 heteroatoms. The number of anilines is 1. The average Bonchev–Trinajstić information content (AvgIpc) is 3.50. The number of hydrogen-bond donors (Lipinski definition) is 4. The summed E-state index contributed by atoms with van der Waals surface area (Å²) >= 11 is 0. The van der Waals surface area contributed by atoms with Crippen molar-refractivity contribution in [1.29, 1.82) is 0 Å². The molecule has 0 aliphatic carbocycles. The van der Waals surface area contributed by atoms with Crippen LogP contribution in [-0.4, -0.2) is 52.8 Å². The molecular formula is C23H24FN11O. The van der Waals surface area contributed by atoms with Crippen molar-refractivity contribution in [2.45, 2.75) is 39.0 Å². The van der Waals surface area contributed by atoms with Crippen LogP contribution >= 0.6 is 0 Å². The van der Waals surface area contributed by atoms with Crippen molar-refractivity contribution in [1.82, 2.24) is 50.9 Å². The number of nitrogens with one attached hydrogen (secondary N) is 4. The Labute approximate surface area is 205 Å². The number of pyridine rings is 1. The lowest BCUT2D eigenvalue weighted by Crippen LogP contribution is -2.36. The number of nitrogens with zero attached hydrogens (tertiary/aromatic N) is 7. The van der Waals surface area contributed by atoms with Crippen molar-refractivity contribution >= 4 is 11.7 Å². The van der Waals surface area contributed by atoms with Crippen LogP contribution < -0.4 is 21.5 Å². The van der Waals surface area contributed by atoms with Gasteiger partial charge in [0.2, 0.25) is 0 Å². The van der Waals surface area contributed by atoms with Crippen LogP contribution in [0.1, 0.15) is 35.2 Å². The quantitative estimate of drug-likeness (QED) is 0.301. The molecule has 4 aromatic heterocycles. The number of hydrazine groups is 1. The average molecular weight is 490 g/mol. The lowest BCUT2D eigenvalue weighted by molar-refractivity contribution is 0.0945. The van der Waals surface area contributed by atoms with Gasteiger partial charge in [-0.2, -0.15) is 5.10 Å². The molecule has 2 unspecified atom stereocenters. The first kappa shape index (κ1) is 23.4. The predicted octanol–water partition coefficient (Wildman–Crippen LogP) is 1.52. The summed E-state index contributed by atoms with van der Waals surface area (Å²) in [6.07, 6.45) is 7.79. The highest BCUT2D eigenvalue weighted by Gasteiger charge is 2.20. The largest absolute Gasteiger partial charge is 0.353 e. The highest BCUT2D eigenvalue weighted by molar-refractivity contribution is 5.92. The van der Waals surface area contributed by atoms with Gasteiger partial charge in [0, 0.05) is 29.6 Å². The molecule has 5 heterocycles. The van der Waals surface area contributed by atoms with Crippen LogP contribution in [0.5, 0.6) is 0 Å². The molecule has 1 amide bonds. The normalized spacial score (nSPS) is 17.2. The zero-order valence-corrected chi connectivity index (χ0v) is 19.6. The van der Waals surface area contributed by atoms with Crippen molar-refractivity contribution in [3.05, 3.63) is 72.1 Å². The summed E-state index contributed by atoms with van der Waals surface area (Å²) in [5, 5.41) is 9.95. The van der Waals surface area contributed by atoms with Gasteiger partial charge in [0.05, 0.1) is 43.2 Å². The Morgan fingerprint density at radius 2 is 2.03 bits per heavy atom. The second kappa shape index (κ2) is 10.1. The third-order valence-electron chi connectivity index (χ3n) is 5.43. The minimum Gasteiger partial charge on any atom is -0.353 e. The molecule has 2 atom stereocenters. The molecule has 184 valence electrons. The number of carbonyl (C=O) groups excluding carboxylic acids is 1. The molecule has 4 aromatic rings. The van der Waals surface area contributed by atoms with Gasteiger partial charge in [0.15, 0.2) is 17.5 Å². The molecule has 0 aromatic carbocycles. The first-order valence-corrected chi connectivity index (χ1v) is 11.3. The topological polar surface area (TPSA) is 147 Å². The molecule has 4 N–H and O–H groups in total. The Morgan fingerprint density at radius 3 is 2.69 bits per heavy atom. The molecule has 1 saturated heterocycles. The van der Waals surface area contributed by atoms with E-state index in [0.29, 0.717) is 34.8 Å². The van der Waals surface area contributed by atoms with Crippen LogP contribution in [0, 0.1) is 12.7 Å². The zero-order chi connectivity index (χ0) is 25.1. The van der Waals surface area contributed by atoms with Gasteiger partial charge < -0.3 is 10.6 Å². The van der Waals surface area contributed by atoms with E-state index in [1.807, 2.05) is 13.0 Å². The summed E-state index contributed by atoms with van der Waals surface area (Å²) in [4.78, 5) is 34.4. The van der Waals surface area contributed by atoms with E-state index in [4.69, 9.17) is 0 Å². The van der Waals surface area contributed by atoms with E-state index >= 15 is 0 Å². The monoisotopic (exact) mass is 489 g/mol. The third-order valence-corrected chi connectivity index (χ3v) is 5.43. The number of carbonyl (C=O) groups is 1. The van der Waals surface area contributed by atoms with Crippen molar-refractivity contribution < 1.29 is 9.18 Å². The van der Waals surface area contributed by atoms with E-state index in [-0.39, 0.29) is 24.3 Å². The van der Waals surface area contributed by atoms with E-state index < -0.39 is 5.82 Å². The van der Waals surface area contributed by atoms with Crippen molar-refractivity contribution in [3.8, 4) is 17.2 Å². The number of aryl methyl sites for hydroxylation is 1. The molecule has 36 heavy (non-hydrogen) atoms. The van der Waals surface area contributed by atoms with Crippen molar-refractivity contribution in [2.75, 3.05) is 5.32 Å². The van der Waals surface area contributed by atoms with Gasteiger partial charge in [-0.3, -0.25) is 20.2 Å². The van der Waals surface area contributed by atoms with Crippen LogP contribution in [0.4, 0.5) is 10.2 Å². The van der Waals surface area contributed by atoms with Gasteiger partial charge >= 0.3 is 0 Å². The number of halogens is 1. The molecule has 1 aliphatic heterocycles. The first-order chi connectivity index (χ1) is 17.4. The minimum atomic E-state index is -0.466. The van der Waals surface area contributed by atoms with Gasteiger partial charge in [-0.1, -0.05) is 0 Å². The second-order valence-corrected chi connectivity index (χ2v) is 8.42. The molecule has 0 radical (unpaired) electrons. The van der Waals surface area contributed by atoms with Crippen molar-refractivity contribution in [3.63, 3.8) is 0 Å². The van der Waals surface area contributed by atoms with Crippen LogP contribution in [0.2, 0.25) is 0 Å². The van der Waals surface area contributed by atoms with Crippen molar-refractivity contribution in [2.24, 2.45) is 0 Å². The molecule has 1 aliphatic rings. The second-order valence-electron chi connectivity index (χ2n) is 8.42. The lowest BCUT2D eigenvalue weighted by Gasteiger charge is -2.14. The Kier molecular flexibility index (Phi) is 6.56. The summed E-state index contributed by atoms with van der Waals surface area (Å²) in [6.45, 7) is 4.16. The van der Waals surface area contributed by atoms with Gasteiger partial charge in [-0.15, -0.1) is 0 Å². The summed E-state index contributed by atoms with van der Waals surface area (Å²) in [5.41, 5.74) is 8.64. The summed E-state index contributed by atoms with van der Waals surface area (Å²) in [5.74, 6) is 0.768. The van der Waals surface area contributed by atoms with Gasteiger partial charge in [0.1, 0.15) is 11.5 Å². The smallest absolute Gasteiger partial charge is 0.270 e. The maximum absolute atomic E-state index is 13.1. The van der Waals surface area contributed by atoms with Crippen LogP contribution in [0.3, 0.4) is 0 Å². The van der Waals surface area contributed by atoms with Gasteiger partial charge in [-0.05, 0) is 32.4 Å². The van der Waals surface area contributed by atoms with Gasteiger partial charge in [0.25, 0.3) is 5.91 Å². The highest BCUT2D eigenvalue weighted by atomic mass is 19.1. The molecular weight excluding hydrogens is 465 g/mol. The van der Waals surface area contributed by atoms with E-state index in [1.165, 1.54) is 23.3 Å². The Hall–Kier alpha value is -4.36. The fraction of sp³-hybridized carbons (Fsp3) is 0.261. The minimum absolute atomic E-state index is 0.0702.